The van der Waals surface area contributed by atoms with Crippen molar-refractivity contribution >= 4 is 5.82 Å². The summed E-state index contributed by atoms with van der Waals surface area (Å²) in [5.74, 6) is 0.979. The van der Waals surface area contributed by atoms with Gasteiger partial charge in [0.2, 0.25) is 0 Å². The van der Waals surface area contributed by atoms with Crippen LogP contribution in [0, 0.1) is 0 Å². The molecule has 0 aliphatic rings. The average molecular weight is 111 g/mol. The van der Waals surface area contributed by atoms with E-state index in [9.17, 15) is 0 Å². The standard InChI is InChI=1S/C5H9N3/c1-6-8-5-3-2-4-7-5/h2-4,6-8H,1H3. The molecule has 3 N–H and O–H groups in total. The number of hydrogen-bond donors (Lipinski definition) is 3. The van der Waals surface area contributed by atoms with Crippen LogP contribution in [0.1, 0.15) is 0 Å². The molecule has 0 bridgehead atoms. The summed E-state index contributed by atoms with van der Waals surface area (Å²) in [6.45, 7) is 0. The van der Waals surface area contributed by atoms with Gasteiger partial charge < -0.3 is 10.4 Å². The summed E-state index contributed by atoms with van der Waals surface area (Å²) < 4.78 is 0. The molecule has 0 spiro atoms. The van der Waals surface area contributed by atoms with Crippen LogP contribution in [0.15, 0.2) is 18.3 Å². The van der Waals surface area contributed by atoms with Crippen LogP contribution in [-0.2, 0) is 0 Å². The maximum Gasteiger partial charge on any atom is 0.117 e. The number of hydrogen-bond acceptors (Lipinski definition) is 2. The lowest BCUT2D eigenvalue weighted by Gasteiger charge is -1.96. The summed E-state index contributed by atoms with van der Waals surface area (Å²) >= 11 is 0. The topological polar surface area (TPSA) is 39.8 Å². The van der Waals surface area contributed by atoms with Crippen molar-refractivity contribution in [3.8, 4) is 0 Å². The first-order chi connectivity index (χ1) is 3.93. The Hall–Kier alpha value is -0.960. The fourth-order valence-electron chi connectivity index (χ4n) is 0.543. The Balaban J connectivity index is 2.50. The Labute approximate surface area is 48.1 Å². The van der Waals surface area contributed by atoms with Gasteiger partial charge in [-0.25, -0.2) is 5.43 Å². The van der Waals surface area contributed by atoms with Crippen LogP contribution in [0.2, 0.25) is 0 Å². The third-order valence-electron chi connectivity index (χ3n) is 0.858. The molecule has 0 unspecified atom stereocenters. The molecule has 0 radical (unpaired) electrons. The van der Waals surface area contributed by atoms with E-state index in [4.69, 9.17) is 0 Å². The SMILES string of the molecule is CNNc1ccc[nH]1. The summed E-state index contributed by atoms with van der Waals surface area (Å²) in [6.07, 6.45) is 1.86. The lowest BCUT2D eigenvalue weighted by molar-refractivity contribution is 0.971. The van der Waals surface area contributed by atoms with E-state index < -0.39 is 0 Å². The van der Waals surface area contributed by atoms with Gasteiger partial charge in [-0.1, -0.05) is 0 Å². The van der Waals surface area contributed by atoms with Gasteiger partial charge in [0.25, 0.3) is 0 Å². The molecule has 0 amide bonds. The van der Waals surface area contributed by atoms with Crippen molar-refractivity contribution in [2.75, 3.05) is 12.5 Å². The predicted molar refractivity (Wildman–Crippen MR) is 33.5 cm³/mol. The molecule has 1 aromatic rings. The van der Waals surface area contributed by atoms with Crippen LogP contribution in [0.3, 0.4) is 0 Å². The van der Waals surface area contributed by atoms with Crippen molar-refractivity contribution in [1.29, 1.82) is 0 Å². The number of nitrogens with one attached hydrogen (secondary N) is 3. The zero-order chi connectivity index (χ0) is 5.82. The lowest BCUT2D eigenvalue weighted by atomic mass is 10.6. The molecule has 0 aliphatic carbocycles. The van der Waals surface area contributed by atoms with Gasteiger partial charge in [-0.2, -0.15) is 0 Å². The predicted octanol–water partition coefficient (Wildman–Crippen LogP) is 0.561. The Kier molecular flexibility index (Phi) is 1.54. The zero-order valence-corrected chi connectivity index (χ0v) is 4.73. The van der Waals surface area contributed by atoms with E-state index in [0.29, 0.717) is 0 Å². The van der Waals surface area contributed by atoms with Crippen LogP contribution in [-0.4, -0.2) is 12.0 Å². The summed E-state index contributed by atoms with van der Waals surface area (Å²) in [6, 6.07) is 3.87. The van der Waals surface area contributed by atoms with E-state index in [1.807, 2.05) is 25.4 Å². The summed E-state index contributed by atoms with van der Waals surface area (Å²) in [7, 11) is 1.82. The van der Waals surface area contributed by atoms with Gasteiger partial charge >= 0.3 is 0 Å². The molecule has 1 heterocycles. The van der Waals surface area contributed by atoms with E-state index in [2.05, 4.69) is 15.8 Å². The van der Waals surface area contributed by atoms with Crippen molar-refractivity contribution in [3.63, 3.8) is 0 Å². The van der Waals surface area contributed by atoms with Crippen molar-refractivity contribution in [3.05, 3.63) is 18.3 Å². The van der Waals surface area contributed by atoms with E-state index in [1.165, 1.54) is 0 Å². The smallest absolute Gasteiger partial charge is 0.117 e. The van der Waals surface area contributed by atoms with Crippen LogP contribution < -0.4 is 10.9 Å². The highest BCUT2D eigenvalue weighted by molar-refractivity contribution is 5.32. The fourth-order valence-corrected chi connectivity index (χ4v) is 0.543. The van der Waals surface area contributed by atoms with E-state index in [-0.39, 0.29) is 0 Å². The van der Waals surface area contributed by atoms with Crippen molar-refractivity contribution in [2.24, 2.45) is 0 Å². The molecule has 1 rings (SSSR count). The van der Waals surface area contributed by atoms with E-state index in [0.717, 1.165) is 5.82 Å². The molecule has 0 aromatic carbocycles. The molecule has 0 saturated heterocycles. The van der Waals surface area contributed by atoms with E-state index in [1.54, 1.807) is 0 Å². The number of hydrazine groups is 1. The molecule has 44 valence electrons. The molecule has 3 nitrogen and oxygen atoms in total. The van der Waals surface area contributed by atoms with Gasteiger partial charge in [0.05, 0.1) is 0 Å². The molecular formula is C5H9N3. The third-order valence-corrected chi connectivity index (χ3v) is 0.858. The maximum atomic E-state index is 2.96. The van der Waals surface area contributed by atoms with Gasteiger partial charge in [-0.3, -0.25) is 0 Å². The van der Waals surface area contributed by atoms with Crippen molar-refractivity contribution in [2.45, 2.75) is 0 Å². The molecule has 0 fully saturated rings. The number of anilines is 1. The van der Waals surface area contributed by atoms with Gasteiger partial charge in [-0.15, -0.1) is 0 Å². The third kappa shape index (κ3) is 1.01. The molecule has 0 atom stereocenters. The molecule has 1 aromatic heterocycles. The second-order valence-corrected chi connectivity index (χ2v) is 1.46. The normalized spacial score (nSPS) is 9.12. The first-order valence-corrected chi connectivity index (χ1v) is 2.49. The van der Waals surface area contributed by atoms with Crippen molar-refractivity contribution < 1.29 is 0 Å². The van der Waals surface area contributed by atoms with Crippen LogP contribution in [0.4, 0.5) is 5.82 Å². The quantitative estimate of drug-likeness (QED) is 0.488. The molecule has 8 heavy (non-hydrogen) atoms. The fraction of sp³-hybridized carbons (Fsp3) is 0.200. The molecule has 0 saturated carbocycles. The minimum atomic E-state index is 0.979. The molecule has 3 heteroatoms. The van der Waals surface area contributed by atoms with Crippen LogP contribution in [0.5, 0.6) is 0 Å². The average Bonchev–Trinajstić information content (AvgIpc) is 2.19. The number of aromatic amines is 1. The minimum Gasteiger partial charge on any atom is -0.347 e. The molecule has 0 aliphatic heterocycles. The summed E-state index contributed by atoms with van der Waals surface area (Å²) in [4.78, 5) is 2.96. The van der Waals surface area contributed by atoms with Gasteiger partial charge in [0.1, 0.15) is 5.82 Å². The minimum absolute atomic E-state index is 0.979. The lowest BCUT2D eigenvalue weighted by Crippen LogP contribution is -2.14. The Morgan fingerprint density at radius 2 is 2.50 bits per heavy atom. The second-order valence-electron chi connectivity index (χ2n) is 1.46. The summed E-state index contributed by atoms with van der Waals surface area (Å²) in [5.41, 5.74) is 5.67. The van der Waals surface area contributed by atoms with Gasteiger partial charge in [0, 0.05) is 13.2 Å². The first kappa shape index (κ1) is 5.18. The highest BCUT2D eigenvalue weighted by atomic mass is 15.4. The van der Waals surface area contributed by atoms with Crippen molar-refractivity contribution in [1.82, 2.24) is 10.4 Å². The monoisotopic (exact) mass is 111 g/mol. The van der Waals surface area contributed by atoms with Crippen LogP contribution >= 0.6 is 0 Å². The maximum absolute atomic E-state index is 2.96. The molecular weight excluding hydrogens is 102 g/mol. The Bertz CT molecular complexity index is 133. The second kappa shape index (κ2) is 2.37. The van der Waals surface area contributed by atoms with Gasteiger partial charge in [-0.05, 0) is 12.1 Å². The Morgan fingerprint density at radius 3 is 3.00 bits per heavy atom. The van der Waals surface area contributed by atoms with Crippen LogP contribution in [0.25, 0.3) is 0 Å². The highest BCUT2D eigenvalue weighted by Crippen LogP contribution is 1.96. The number of H-pyrrole nitrogens is 1. The number of rotatable bonds is 2. The first-order valence-electron chi connectivity index (χ1n) is 2.49. The largest absolute Gasteiger partial charge is 0.347 e. The Morgan fingerprint density at radius 1 is 1.62 bits per heavy atom. The highest BCUT2D eigenvalue weighted by Gasteiger charge is 1.82. The zero-order valence-electron chi connectivity index (χ0n) is 4.73. The summed E-state index contributed by atoms with van der Waals surface area (Å²) in [5, 5.41) is 0. The van der Waals surface area contributed by atoms with Gasteiger partial charge in [0.15, 0.2) is 0 Å². The number of aromatic nitrogens is 1. The van der Waals surface area contributed by atoms with E-state index >= 15 is 0 Å².